The molecule has 6 aliphatic heterocycles. The maximum absolute atomic E-state index is 13.6. The summed E-state index contributed by atoms with van der Waals surface area (Å²) in [7, 11) is 4.24. The van der Waals surface area contributed by atoms with Gasteiger partial charge in [-0.05, 0) is 259 Å². The molecule has 7 aliphatic rings. The average molecular weight is 1870 g/mol. The molecule has 0 N–H and O–H groups in total. The number of carbonyl (C=O) groups excluding carboxylic acids is 6. The SMILES string of the molecule is CCOC(=O)[C@@H]1C[C@H]1c1ccc(OC)c(-c2ccc(N3CCCC3)nc2CN2C(=O)O[C@H](c3cc(C(F)(F)F)cc(C(F)(F)F)c3)[C@@H]2C)c1.COC(=O)CCc1ccc(C)c(-c2ccc(N3CCC3)nc2CN2C(=O)O[C@H](c3cc(C)cc(C(F)(F)F)c3)[C@@H]2C)c1.COC(=O)CCc1ccc(C)c(-c2ccc(N3CCCC3)nc2CN2C(=O)O[C@H](c3cc(C)cc(C(F)(F)F)c3)[C@@H]2C)c1. The minimum atomic E-state index is -5.05. The molecule has 8 atom stereocenters. The van der Waals surface area contributed by atoms with Crippen LogP contribution in [0.3, 0.4) is 0 Å². The first kappa shape index (κ1) is 97.4. The van der Waals surface area contributed by atoms with Gasteiger partial charge >= 0.3 is 60.9 Å². The van der Waals surface area contributed by atoms with E-state index in [1.165, 1.54) is 43.0 Å². The lowest BCUT2D eigenvalue weighted by molar-refractivity contribution is -0.145. The van der Waals surface area contributed by atoms with Crippen LogP contribution >= 0.6 is 0 Å². The van der Waals surface area contributed by atoms with Gasteiger partial charge in [-0.2, -0.15) is 52.7 Å². The summed E-state index contributed by atoms with van der Waals surface area (Å²) in [6.07, 6.45) is -17.0. The van der Waals surface area contributed by atoms with Crippen LogP contribution < -0.4 is 19.4 Å². The fourth-order valence-electron chi connectivity index (χ4n) is 18.1. The number of alkyl halides is 12. The molecule has 3 amide bonds. The molecule has 3 aromatic heterocycles. The quantitative estimate of drug-likeness (QED) is 0.0294. The van der Waals surface area contributed by atoms with Crippen LogP contribution in [0.15, 0.2) is 146 Å². The van der Waals surface area contributed by atoms with Crippen molar-refractivity contribution in [3.05, 3.63) is 241 Å². The summed E-state index contributed by atoms with van der Waals surface area (Å²) in [6.45, 7) is 19.5. The van der Waals surface area contributed by atoms with Gasteiger partial charge in [-0.15, -0.1) is 0 Å². The highest BCUT2D eigenvalue weighted by Gasteiger charge is 2.49. The van der Waals surface area contributed by atoms with Gasteiger partial charge in [0.15, 0.2) is 0 Å². The molecule has 16 rings (SSSR count). The Morgan fingerprint density at radius 1 is 0.403 bits per heavy atom. The van der Waals surface area contributed by atoms with Gasteiger partial charge < -0.3 is 47.9 Å². The highest BCUT2D eigenvalue weighted by atomic mass is 19.4. The lowest BCUT2D eigenvalue weighted by Crippen LogP contribution is -2.38. The van der Waals surface area contributed by atoms with Gasteiger partial charge in [-0.25, -0.2) is 29.3 Å². The van der Waals surface area contributed by atoms with Crippen LogP contribution in [0.5, 0.6) is 5.75 Å². The molecule has 34 heteroatoms. The first-order chi connectivity index (χ1) is 63.6. The van der Waals surface area contributed by atoms with Crippen molar-refractivity contribution in [2.45, 2.75) is 206 Å². The van der Waals surface area contributed by atoms with E-state index in [0.29, 0.717) is 93.4 Å². The molecule has 6 aromatic carbocycles. The number of hydrogen-bond donors (Lipinski definition) is 0. The molecule has 9 aromatic rings. The number of amides is 3. The van der Waals surface area contributed by atoms with E-state index < -0.39 is 107 Å². The smallest absolute Gasteiger partial charge is 0.416 e. The number of halogens is 12. The first-order valence-corrected chi connectivity index (χ1v) is 44.6. The van der Waals surface area contributed by atoms with E-state index in [1.54, 1.807) is 52.8 Å². The van der Waals surface area contributed by atoms with E-state index in [2.05, 4.69) is 14.7 Å². The van der Waals surface area contributed by atoms with E-state index >= 15 is 0 Å². The molecule has 0 unspecified atom stereocenters. The summed E-state index contributed by atoms with van der Waals surface area (Å²) < 4.78 is 200. The van der Waals surface area contributed by atoms with Gasteiger partial charge in [0.2, 0.25) is 0 Å². The number of cyclic esters (lactones) is 3. The zero-order valence-electron chi connectivity index (χ0n) is 76.0. The second-order valence-electron chi connectivity index (χ2n) is 34.9. The van der Waals surface area contributed by atoms with Crippen LogP contribution in [0.1, 0.15) is 198 Å². The number of nitrogens with zero attached hydrogens (tertiary/aromatic N) is 9. The predicted molar refractivity (Wildman–Crippen MR) is 474 cm³/mol. The average Bonchev–Trinajstić information content (AvgIpc) is 1.72. The van der Waals surface area contributed by atoms with Crippen LogP contribution in [0.4, 0.5) is 84.5 Å². The molecule has 0 radical (unpaired) electrons. The number of benzene rings is 6. The fourth-order valence-corrected chi connectivity index (χ4v) is 18.1. The second kappa shape index (κ2) is 40.3. The van der Waals surface area contributed by atoms with Crippen LogP contribution in [0, 0.1) is 33.6 Å². The summed E-state index contributed by atoms with van der Waals surface area (Å²) in [4.78, 5) is 101. The minimum Gasteiger partial charge on any atom is -0.496 e. The third kappa shape index (κ3) is 22.2. The van der Waals surface area contributed by atoms with E-state index in [0.717, 1.165) is 157 Å². The van der Waals surface area contributed by atoms with E-state index in [4.69, 9.17) is 48.1 Å². The van der Waals surface area contributed by atoms with Crippen molar-refractivity contribution in [3.63, 3.8) is 0 Å². The van der Waals surface area contributed by atoms with Gasteiger partial charge in [-0.3, -0.25) is 29.1 Å². The van der Waals surface area contributed by atoms with Gasteiger partial charge in [0.05, 0.1) is 111 Å². The number of anilines is 3. The number of aromatic nitrogens is 3. The normalized spacial score (nSPS) is 20.0. The summed E-state index contributed by atoms with van der Waals surface area (Å²) in [5, 5.41) is 0. The molecule has 0 spiro atoms. The molecule has 6 saturated heterocycles. The Morgan fingerprint density at radius 2 is 0.754 bits per heavy atom. The number of aryl methyl sites for hydroxylation is 6. The lowest BCUT2D eigenvalue weighted by Gasteiger charge is -2.33. The molecule has 9 heterocycles. The molecule has 1 aliphatic carbocycles. The van der Waals surface area contributed by atoms with Crippen LogP contribution in [-0.4, -0.2) is 151 Å². The Balaban J connectivity index is 0.000000162. The number of methoxy groups -OCH3 is 3. The molecular formula is C100H105F12N9O13. The number of pyridine rings is 3. The van der Waals surface area contributed by atoms with Crippen LogP contribution in [0.2, 0.25) is 0 Å². The third-order valence-electron chi connectivity index (χ3n) is 25.7. The third-order valence-corrected chi connectivity index (χ3v) is 25.7. The van der Waals surface area contributed by atoms with Crippen molar-refractivity contribution >= 4 is 53.6 Å². The summed E-state index contributed by atoms with van der Waals surface area (Å²) >= 11 is 0. The van der Waals surface area contributed by atoms with E-state index in [-0.39, 0.29) is 74.9 Å². The Hall–Kier alpha value is -12.7. The Kier molecular flexibility index (Phi) is 29.3. The molecule has 712 valence electrons. The second-order valence-corrected chi connectivity index (χ2v) is 34.9. The molecule has 22 nitrogen and oxygen atoms in total. The Morgan fingerprint density at radius 3 is 1.09 bits per heavy atom. The fraction of sp³-hybridized carbons (Fsp3) is 0.430. The van der Waals surface area contributed by atoms with E-state index in [1.807, 2.05) is 98.8 Å². The van der Waals surface area contributed by atoms with Gasteiger partial charge in [0.1, 0.15) is 41.5 Å². The van der Waals surface area contributed by atoms with Crippen molar-refractivity contribution in [2.24, 2.45) is 5.92 Å². The predicted octanol–water partition coefficient (Wildman–Crippen LogP) is 22.1. The number of esters is 3. The van der Waals surface area contributed by atoms with Gasteiger partial charge in [0.25, 0.3) is 0 Å². The topological polar surface area (TPSA) is 225 Å². The monoisotopic (exact) mass is 1870 g/mol. The number of carbonyl (C=O) groups is 6. The number of hydrogen-bond acceptors (Lipinski definition) is 19. The lowest BCUT2D eigenvalue weighted by atomic mass is 9.94. The summed E-state index contributed by atoms with van der Waals surface area (Å²) in [5.41, 5.74) is 7.97. The molecule has 1 saturated carbocycles. The molecule has 134 heavy (non-hydrogen) atoms. The maximum Gasteiger partial charge on any atom is 0.416 e. The van der Waals surface area contributed by atoms with Gasteiger partial charge in [-0.1, -0.05) is 65.7 Å². The van der Waals surface area contributed by atoms with Crippen LogP contribution in [0.25, 0.3) is 33.4 Å². The van der Waals surface area contributed by atoms with E-state index in [9.17, 15) is 81.5 Å². The van der Waals surface area contributed by atoms with Crippen molar-refractivity contribution in [3.8, 4) is 39.1 Å². The minimum absolute atomic E-state index is 0.0425. The number of rotatable bonds is 25. The Bertz CT molecular complexity index is 5840. The zero-order valence-corrected chi connectivity index (χ0v) is 76.0. The zero-order chi connectivity index (χ0) is 96.3. The van der Waals surface area contributed by atoms with Gasteiger partial charge in [0, 0.05) is 74.4 Å². The largest absolute Gasteiger partial charge is 0.496 e. The highest BCUT2D eigenvalue weighted by molar-refractivity contribution is 5.81. The Labute approximate surface area is 768 Å². The summed E-state index contributed by atoms with van der Waals surface area (Å²) in [5.74, 6) is 1.66. The molecular weight excluding hydrogens is 1760 g/mol. The van der Waals surface area contributed by atoms with Crippen molar-refractivity contribution in [1.29, 1.82) is 0 Å². The number of ether oxygens (including phenoxy) is 7. The summed E-state index contributed by atoms with van der Waals surface area (Å²) in [6, 6.07) is 36.1. The van der Waals surface area contributed by atoms with Crippen molar-refractivity contribution in [1.82, 2.24) is 29.7 Å². The van der Waals surface area contributed by atoms with Crippen LogP contribution in [-0.2, 0) is 100.0 Å². The van der Waals surface area contributed by atoms with Crippen molar-refractivity contribution < 1.29 is 115 Å². The maximum atomic E-state index is 13.6. The molecule has 0 bridgehead atoms. The molecule has 7 fully saturated rings. The van der Waals surface area contributed by atoms with Crippen molar-refractivity contribution in [2.75, 3.05) is 81.9 Å². The highest BCUT2D eigenvalue weighted by Crippen LogP contribution is 2.52. The standard InChI is InChI=1S/C35H35F6N3O5.C33H36F3N3O4.C32H34F3N3O4/c1-4-48-32(45)27-17-25(27)20-7-9-29(47-3)26(15-20)24-8-10-30(43-11-5-6-12-43)42-28(24)18-44-19(2)31(49-33(44)46)21-13-22(34(36,37)38)16-23(14-21)35(39,40)41;1-20-15-24(18-25(16-20)33(34,35)36)31-22(3)39(32(41)43-31)19-28-26(10-11-29(37-28)38-13-5-6-14-38)27-17-23(8-7-21(27)2)9-12-30(40)42-4;1-19-14-23(17-24(15-19)32(33,34)35)30-21(3)38(31(40)42-30)18-27-25(9-10-28(36-27)37-12-5-13-37)26-16-22(7-6-20(26)2)8-11-29(39)41-4/h7-10,13-16,19,25,27,31H,4-6,11-12,17-18H2,1-3H3;7-8,10-11,15-18,22,31H,5-6,9,12-14,19H2,1-4H3;6-7,9-10,14-17,21,30H,5,8,11-13,18H2,1-4H3/t19-,25-,27+,31-;22-,31-;21-,30-/m000/s1. The first-order valence-electron chi connectivity index (χ1n) is 44.6.